The fourth-order valence-corrected chi connectivity index (χ4v) is 4.00. The van der Waals surface area contributed by atoms with Gasteiger partial charge in [-0.2, -0.15) is 0 Å². The van der Waals surface area contributed by atoms with Crippen molar-refractivity contribution in [1.29, 1.82) is 0 Å². The van der Waals surface area contributed by atoms with Crippen molar-refractivity contribution < 1.29 is 28.2 Å². The molecule has 0 spiro atoms. The molecule has 3 aromatic rings. The molecule has 1 saturated heterocycles. The van der Waals surface area contributed by atoms with E-state index in [-0.39, 0.29) is 17.9 Å². The quantitative estimate of drug-likeness (QED) is 0.317. The van der Waals surface area contributed by atoms with Gasteiger partial charge in [0.2, 0.25) is 0 Å². The van der Waals surface area contributed by atoms with Gasteiger partial charge >= 0.3 is 0 Å². The molecule has 3 amide bonds. The third-order valence-corrected chi connectivity index (χ3v) is 5.61. The van der Waals surface area contributed by atoms with Crippen LogP contribution in [0.3, 0.4) is 0 Å². The third-order valence-electron chi connectivity index (χ3n) is 5.02. The lowest BCUT2D eigenvalue weighted by atomic mass is 10.1. The van der Waals surface area contributed by atoms with E-state index in [0.29, 0.717) is 33.8 Å². The Hall–Kier alpha value is -4.18. The Balaban J connectivity index is 1.52. The van der Waals surface area contributed by atoms with Crippen LogP contribution in [-0.2, 0) is 14.4 Å². The van der Waals surface area contributed by atoms with E-state index in [2.05, 4.69) is 26.7 Å². The van der Waals surface area contributed by atoms with Crippen LogP contribution in [0, 0.1) is 5.82 Å². The lowest BCUT2D eigenvalue weighted by molar-refractivity contribution is -0.118. The predicted molar refractivity (Wildman–Crippen MR) is 136 cm³/mol. The van der Waals surface area contributed by atoms with Crippen LogP contribution in [0.4, 0.5) is 15.8 Å². The summed E-state index contributed by atoms with van der Waals surface area (Å²) in [7, 11) is 0. The molecule has 10 heteroatoms. The molecule has 0 aliphatic carbocycles. The van der Waals surface area contributed by atoms with Gasteiger partial charge in [0.05, 0.1) is 16.8 Å². The van der Waals surface area contributed by atoms with Crippen LogP contribution in [0.15, 0.2) is 76.8 Å². The van der Waals surface area contributed by atoms with Crippen LogP contribution in [0.2, 0.25) is 0 Å². The zero-order valence-corrected chi connectivity index (χ0v) is 20.7. The van der Waals surface area contributed by atoms with Crippen LogP contribution in [0.5, 0.6) is 11.5 Å². The maximum Gasteiger partial charge on any atom is 0.282 e. The van der Waals surface area contributed by atoms with Crippen molar-refractivity contribution in [3.05, 3.63) is 88.2 Å². The van der Waals surface area contributed by atoms with Gasteiger partial charge < -0.3 is 14.8 Å². The number of hydrazine groups is 1. The van der Waals surface area contributed by atoms with Crippen LogP contribution >= 0.6 is 15.9 Å². The Morgan fingerprint density at radius 3 is 2.50 bits per heavy atom. The SMILES string of the molecule is CCOc1cc(/C=C2/C(=O)NN(c3ccccc3)C2=O)cc(Br)c1OCC(=O)Nc1ccc(F)cc1. The maximum atomic E-state index is 13.1. The van der Waals surface area contributed by atoms with Gasteiger partial charge in [0, 0.05) is 5.69 Å². The molecule has 36 heavy (non-hydrogen) atoms. The molecule has 1 heterocycles. The molecule has 1 aliphatic rings. The highest BCUT2D eigenvalue weighted by Crippen LogP contribution is 2.38. The van der Waals surface area contributed by atoms with Gasteiger partial charge in [0.25, 0.3) is 17.7 Å². The average molecular weight is 554 g/mol. The van der Waals surface area contributed by atoms with Crippen molar-refractivity contribution in [2.45, 2.75) is 6.92 Å². The van der Waals surface area contributed by atoms with Crippen LogP contribution in [0.1, 0.15) is 12.5 Å². The molecule has 0 bridgehead atoms. The largest absolute Gasteiger partial charge is 0.490 e. The lowest BCUT2D eigenvalue weighted by Crippen LogP contribution is -2.35. The van der Waals surface area contributed by atoms with Gasteiger partial charge in [0.15, 0.2) is 18.1 Å². The van der Waals surface area contributed by atoms with E-state index in [1.165, 1.54) is 35.4 Å². The summed E-state index contributed by atoms with van der Waals surface area (Å²) in [6.07, 6.45) is 1.46. The molecular weight excluding hydrogens is 533 g/mol. The molecule has 0 aromatic heterocycles. The van der Waals surface area contributed by atoms with E-state index < -0.39 is 23.5 Å². The highest BCUT2D eigenvalue weighted by atomic mass is 79.9. The summed E-state index contributed by atoms with van der Waals surface area (Å²) in [5.74, 6) is -1.28. The number of hydrogen-bond donors (Lipinski definition) is 2. The number of rotatable bonds is 8. The monoisotopic (exact) mass is 553 g/mol. The Morgan fingerprint density at radius 2 is 1.81 bits per heavy atom. The molecule has 184 valence electrons. The van der Waals surface area contributed by atoms with Crippen LogP contribution in [-0.4, -0.2) is 30.9 Å². The zero-order chi connectivity index (χ0) is 25.7. The molecule has 2 N–H and O–H groups in total. The topological polar surface area (TPSA) is 97.0 Å². The fraction of sp³-hybridized carbons (Fsp3) is 0.115. The summed E-state index contributed by atoms with van der Waals surface area (Å²) in [5, 5.41) is 3.80. The Morgan fingerprint density at radius 1 is 1.08 bits per heavy atom. The number of amides is 3. The number of anilines is 2. The van der Waals surface area contributed by atoms with E-state index >= 15 is 0 Å². The van der Waals surface area contributed by atoms with Crippen molar-refractivity contribution in [3.8, 4) is 11.5 Å². The highest BCUT2D eigenvalue weighted by molar-refractivity contribution is 9.10. The number of benzene rings is 3. The van der Waals surface area contributed by atoms with Gasteiger partial charge in [-0.3, -0.25) is 19.8 Å². The molecule has 0 saturated carbocycles. The van der Waals surface area contributed by atoms with Gasteiger partial charge in [-0.15, -0.1) is 0 Å². The molecule has 0 radical (unpaired) electrons. The molecule has 0 unspecified atom stereocenters. The predicted octanol–water partition coefficient (Wildman–Crippen LogP) is 4.47. The number of nitrogens with one attached hydrogen (secondary N) is 2. The fourth-order valence-electron chi connectivity index (χ4n) is 3.43. The van der Waals surface area contributed by atoms with Crippen molar-refractivity contribution in [2.75, 3.05) is 23.5 Å². The number of carbonyl (C=O) groups is 3. The average Bonchev–Trinajstić information content (AvgIpc) is 3.14. The minimum absolute atomic E-state index is 0.0412. The molecule has 4 rings (SSSR count). The summed E-state index contributed by atoms with van der Waals surface area (Å²) in [6.45, 7) is 1.77. The van der Waals surface area contributed by atoms with Gasteiger partial charge in [-0.05, 0) is 83.0 Å². The summed E-state index contributed by atoms with van der Waals surface area (Å²) in [6, 6.07) is 17.4. The first kappa shape index (κ1) is 24.9. The van der Waals surface area contributed by atoms with Crippen molar-refractivity contribution in [2.24, 2.45) is 0 Å². The van der Waals surface area contributed by atoms with Crippen LogP contribution in [0.25, 0.3) is 6.08 Å². The van der Waals surface area contributed by atoms with Gasteiger partial charge in [-0.1, -0.05) is 18.2 Å². The zero-order valence-electron chi connectivity index (χ0n) is 19.1. The first-order valence-electron chi connectivity index (χ1n) is 10.9. The highest BCUT2D eigenvalue weighted by Gasteiger charge is 2.34. The standard InChI is InChI=1S/C26H21BrFN3O5/c1-2-35-22-14-16(12-20-25(33)30-31(26(20)34)19-6-4-3-5-7-19)13-21(27)24(22)36-15-23(32)29-18-10-8-17(28)9-11-18/h3-14H,2,15H2,1H3,(H,29,32)(H,30,33)/b20-12-. The first-order chi connectivity index (χ1) is 17.4. The van der Waals surface area contributed by atoms with Gasteiger partial charge in [0.1, 0.15) is 11.4 Å². The molecule has 3 aromatic carbocycles. The Bertz CT molecular complexity index is 1330. The third kappa shape index (κ3) is 5.72. The number of hydrogen-bond acceptors (Lipinski definition) is 5. The van der Waals surface area contributed by atoms with E-state index in [4.69, 9.17) is 9.47 Å². The van der Waals surface area contributed by atoms with Crippen LogP contribution < -0.4 is 25.2 Å². The second kappa shape index (κ2) is 11.0. The molecule has 0 atom stereocenters. The van der Waals surface area contributed by atoms with Crippen molar-refractivity contribution >= 4 is 51.1 Å². The van der Waals surface area contributed by atoms with Crippen molar-refractivity contribution in [1.82, 2.24) is 5.43 Å². The summed E-state index contributed by atoms with van der Waals surface area (Å²) < 4.78 is 24.9. The van der Waals surface area contributed by atoms with E-state index in [9.17, 15) is 18.8 Å². The minimum atomic E-state index is -0.532. The minimum Gasteiger partial charge on any atom is -0.490 e. The second-order valence-corrected chi connectivity index (χ2v) is 8.44. The smallest absolute Gasteiger partial charge is 0.282 e. The number of para-hydroxylation sites is 1. The lowest BCUT2D eigenvalue weighted by Gasteiger charge is -2.15. The molecule has 1 fully saturated rings. The Kier molecular flexibility index (Phi) is 7.65. The number of halogens is 2. The molecule has 8 nitrogen and oxygen atoms in total. The van der Waals surface area contributed by atoms with E-state index in [0.717, 1.165) is 0 Å². The van der Waals surface area contributed by atoms with E-state index in [1.54, 1.807) is 43.3 Å². The van der Waals surface area contributed by atoms with E-state index in [1.807, 2.05) is 6.07 Å². The Labute approximate surface area is 214 Å². The van der Waals surface area contributed by atoms with Crippen molar-refractivity contribution in [3.63, 3.8) is 0 Å². The summed E-state index contributed by atoms with van der Waals surface area (Å²) >= 11 is 3.42. The number of nitrogens with zero attached hydrogens (tertiary/aromatic N) is 1. The van der Waals surface area contributed by atoms with Gasteiger partial charge in [-0.25, -0.2) is 9.40 Å². The first-order valence-corrected chi connectivity index (χ1v) is 11.7. The molecular formula is C26H21BrFN3O5. The maximum absolute atomic E-state index is 13.1. The number of carbonyl (C=O) groups excluding carboxylic acids is 3. The number of ether oxygens (including phenoxy) is 2. The molecule has 1 aliphatic heterocycles. The summed E-state index contributed by atoms with van der Waals surface area (Å²) in [5.41, 5.74) is 4.00. The summed E-state index contributed by atoms with van der Waals surface area (Å²) in [4.78, 5) is 37.7. The second-order valence-electron chi connectivity index (χ2n) is 7.58. The normalized spacial score (nSPS) is 14.1.